The number of carboxylic acids is 1. The second-order valence-corrected chi connectivity index (χ2v) is 4.87. The summed E-state index contributed by atoms with van der Waals surface area (Å²) in [5.41, 5.74) is 0. The second kappa shape index (κ2) is 7.30. The highest BCUT2D eigenvalue weighted by Gasteiger charge is 2.26. The van der Waals surface area contributed by atoms with Gasteiger partial charge in [-0.15, -0.1) is 0 Å². The van der Waals surface area contributed by atoms with Crippen molar-refractivity contribution in [1.82, 2.24) is 0 Å². The molecule has 1 aliphatic carbocycles. The molecule has 1 saturated carbocycles. The average Bonchev–Trinajstić information content (AvgIpc) is 2.34. The first-order valence-electron chi connectivity index (χ1n) is 6.42. The molecule has 0 aromatic heterocycles. The second-order valence-electron chi connectivity index (χ2n) is 4.87. The van der Waals surface area contributed by atoms with E-state index in [0.29, 0.717) is 18.8 Å². The van der Waals surface area contributed by atoms with E-state index in [1.807, 2.05) is 0 Å². The lowest BCUT2D eigenvalue weighted by molar-refractivity contribution is -0.143. The summed E-state index contributed by atoms with van der Waals surface area (Å²) in [6.45, 7) is 0. The highest BCUT2D eigenvalue weighted by Crippen LogP contribution is 2.34. The van der Waals surface area contributed by atoms with Crippen LogP contribution in [-0.4, -0.2) is 24.2 Å². The van der Waals surface area contributed by atoms with E-state index in [1.165, 1.54) is 26.4 Å². The van der Waals surface area contributed by atoms with E-state index in [-0.39, 0.29) is 18.3 Å². The minimum atomic E-state index is -0.759. The first kappa shape index (κ1) is 14.0. The van der Waals surface area contributed by atoms with Gasteiger partial charge in [0.2, 0.25) is 0 Å². The number of hydrogen-bond donors (Lipinski definition) is 1. The van der Waals surface area contributed by atoms with Crippen LogP contribution in [0.15, 0.2) is 0 Å². The van der Waals surface area contributed by atoms with Crippen molar-refractivity contribution in [2.24, 2.45) is 11.8 Å². The maximum absolute atomic E-state index is 11.1. The number of rotatable bonds is 6. The van der Waals surface area contributed by atoms with E-state index >= 15 is 0 Å². The molecule has 0 aliphatic heterocycles. The maximum Gasteiger partial charge on any atom is 0.305 e. The van der Waals surface area contributed by atoms with Crippen molar-refractivity contribution in [1.29, 1.82) is 0 Å². The monoisotopic (exact) mass is 242 g/mol. The molecule has 0 heterocycles. The van der Waals surface area contributed by atoms with Crippen LogP contribution in [-0.2, 0) is 14.3 Å². The molecular formula is C13H22O4. The Kier molecular flexibility index (Phi) is 6.01. The van der Waals surface area contributed by atoms with Crippen LogP contribution < -0.4 is 0 Å². The van der Waals surface area contributed by atoms with E-state index < -0.39 is 5.97 Å². The molecule has 0 spiro atoms. The molecule has 1 N–H and O–H groups in total. The van der Waals surface area contributed by atoms with Gasteiger partial charge in [-0.25, -0.2) is 0 Å². The summed E-state index contributed by atoms with van der Waals surface area (Å²) in [5, 5.41) is 8.92. The van der Waals surface area contributed by atoms with E-state index in [2.05, 4.69) is 4.74 Å². The fourth-order valence-electron chi connectivity index (χ4n) is 2.74. The number of carbonyl (C=O) groups is 2. The quantitative estimate of drug-likeness (QED) is 0.727. The summed E-state index contributed by atoms with van der Waals surface area (Å²) in [6, 6.07) is 0. The van der Waals surface area contributed by atoms with Crippen LogP contribution in [0.1, 0.15) is 51.4 Å². The fraction of sp³-hybridized carbons (Fsp3) is 0.846. The maximum atomic E-state index is 11.1. The highest BCUT2D eigenvalue weighted by molar-refractivity contribution is 5.69. The molecule has 0 amide bonds. The Labute approximate surface area is 102 Å². The summed E-state index contributed by atoms with van der Waals surface area (Å²) in [5.74, 6) is -0.391. The van der Waals surface area contributed by atoms with Crippen LogP contribution >= 0.6 is 0 Å². The van der Waals surface area contributed by atoms with E-state index in [1.54, 1.807) is 0 Å². The van der Waals surface area contributed by atoms with Gasteiger partial charge < -0.3 is 9.84 Å². The Balaban J connectivity index is 2.46. The molecule has 1 unspecified atom stereocenters. The molecule has 0 radical (unpaired) electrons. The molecular weight excluding hydrogens is 220 g/mol. The molecule has 98 valence electrons. The molecule has 0 aromatic carbocycles. The van der Waals surface area contributed by atoms with Gasteiger partial charge >= 0.3 is 11.9 Å². The Morgan fingerprint density at radius 2 is 1.94 bits per heavy atom. The Bertz CT molecular complexity index is 256. The van der Waals surface area contributed by atoms with Crippen LogP contribution in [0.25, 0.3) is 0 Å². The number of esters is 1. The van der Waals surface area contributed by atoms with Crippen LogP contribution in [0.4, 0.5) is 0 Å². The third kappa shape index (κ3) is 5.20. The van der Waals surface area contributed by atoms with Crippen LogP contribution in [0.3, 0.4) is 0 Å². The number of hydrogen-bond acceptors (Lipinski definition) is 3. The average molecular weight is 242 g/mol. The topological polar surface area (TPSA) is 63.6 Å². The smallest absolute Gasteiger partial charge is 0.305 e. The van der Waals surface area contributed by atoms with Gasteiger partial charge in [-0.3, -0.25) is 9.59 Å². The van der Waals surface area contributed by atoms with Gasteiger partial charge in [0, 0.05) is 12.8 Å². The minimum absolute atomic E-state index is 0.131. The highest BCUT2D eigenvalue weighted by atomic mass is 16.5. The Morgan fingerprint density at radius 1 is 1.29 bits per heavy atom. The Morgan fingerprint density at radius 3 is 2.47 bits per heavy atom. The van der Waals surface area contributed by atoms with Crippen molar-refractivity contribution in [3.63, 3.8) is 0 Å². The fourth-order valence-corrected chi connectivity index (χ4v) is 2.74. The molecule has 4 nitrogen and oxygen atoms in total. The lowest BCUT2D eigenvalue weighted by Gasteiger charge is -2.29. The number of aliphatic carboxylic acids is 1. The van der Waals surface area contributed by atoms with Crippen molar-refractivity contribution in [2.75, 3.05) is 7.11 Å². The first-order chi connectivity index (χ1) is 8.13. The Hall–Kier alpha value is -1.06. The van der Waals surface area contributed by atoms with Gasteiger partial charge in [0.1, 0.15) is 0 Å². The number of methoxy groups -OCH3 is 1. The first-order valence-corrected chi connectivity index (χ1v) is 6.42. The van der Waals surface area contributed by atoms with E-state index in [4.69, 9.17) is 5.11 Å². The number of carboxylic acid groups (broad SMARTS) is 1. The van der Waals surface area contributed by atoms with E-state index in [0.717, 1.165) is 12.8 Å². The SMILES string of the molecule is COC(=O)CCC(CC(=O)O)C1CCCCC1. The zero-order chi connectivity index (χ0) is 12.7. The van der Waals surface area contributed by atoms with Gasteiger partial charge in [-0.05, 0) is 18.3 Å². The van der Waals surface area contributed by atoms with Crippen LogP contribution in [0, 0.1) is 11.8 Å². The van der Waals surface area contributed by atoms with Crippen molar-refractivity contribution >= 4 is 11.9 Å². The lowest BCUT2D eigenvalue weighted by atomic mass is 9.76. The van der Waals surface area contributed by atoms with Gasteiger partial charge in [-0.2, -0.15) is 0 Å². The van der Waals surface area contributed by atoms with Crippen LogP contribution in [0.2, 0.25) is 0 Å². The summed E-state index contributed by atoms with van der Waals surface area (Å²) >= 11 is 0. The third-order valence-corrected chi connectivity index (χ3v) is 3.70. The summed E-state index contributed by atoms with van der Waals surface area (Å²) < 4.78 is 4.61. The molecule has 0 aromatic rings. The van der Waals surface area contributed by atoms with Gasteiger partial charge in [0.25, 0.3) is 0 Å². The molecule has 1 fully saturated rings. The summed E-state index contributed by atoms with van der Waals surface area (Å²) in [6.07, 6.45) is 7.03. The predicted molar refractivity (Wildman–Crippen MR) is 63.6 cm³/mol. The molecule has 1 atom stereocenters. The molecule has 0 bridgehead atoms. The molecule has 4 heteroatoms. The standard InChI is InChI=1S/C13H22O4/c1-17-13(16)8-7-11(9-12(14)15)10-5-3-2-4-6-10/h10-11H,2-9H2,1H3,(H,14,15). The summed E-state index contributed by atoms with van der Waals surface area (Å²) in [7, 11) is 1.37. The predicted octanol–water partition coefficient (Wildman–Crippen LogP) is 2.61. The minimum Gasteiger partial charge on any atom is -0.481 e. The number of carbonyl (C=O) groups excluding carboxylic acids is 1. The third-order valence-electron chi connectivity index (χ3n) is 3.70. The van der Waals surface area contributed by atoms with Crippen LogP contribution in [0.5, 0.6) is 0 Å². The van der Waals surface area contributed by atoms with Crippen molar-refractivity contribution < 1.29 is 19.4 Å². The molecule has 1 aliphatic rings. The van der Waals surface area contributed by atoms with E-state index in [9.17, 15) is 9.59 Å². The lowest BCUT2D eigenvalue weighted by Crippen LogP contribution is -2.22. The zero-order valence-electron chi connectivity index (χ0n) is 10.5. The zero-order valence-corrected chi connectivity index (χ0v) is 10.5. The van der Waals surface area contributed by atoms with Crippen molar-refractivity contribution in [2.45, 2.75) is 51.4 Å². The molecule has 0 saturated heterocycles. The van der Waals surface area contributed by atoms with Gasteiger partial charge in [0.05, 0.1) is 7.11 Å². The summed E-state index contributed by atoms with van der Waals surface area (Å²) in [4.78, 5) is 22.0. The molecule has 17 heavy (non-hydrogen) atoms. The van der Waals surface area contributed by atoms with Crippen molar-refractivity contribution in [3.8, 4) is 0 Å². The van der Waals surface area contributed by atoms with Crippen molar-refractivity contribution in [3.05, 3.63) is 0 Å². The van der Waals surface area contributed by atoms with Gasteiger partial charge in [-0.1, -0.05) is 32.1 Å². The number of ether oxygens (including phenoxy) is 1. The largest absolute Gasteiger partial charge is 0.481 e. The molecule has 1 rings (SSSR count). The normalized spacial score (nSPS) is 18.6. The van der Waals surface area contributed by atoms with Gasteiger partial charge in [0.15, 0.2) is 0 Å².